The monoisotopic (exact) mass is 306 g/mol. The fourth-order valence-corrected chi connectivity index (χ4v) is 2.75. The van der Waals surface area contributed by atoms with Gasteiger partial charge in [-0.15, -0.1) is 0 Å². The summed E-state index contributed by atoms with van der Waals surface area (Å²) in [4.78, 5) is 0. The summed E-state index contributed by atoms with van der Waals surface area (Å²) < 4.78 is 57.5. The number of halogens is 4. The van der Waals surface area contributed by atoms with Crippen LogP contribution in [0.15, 0.2) is 18.2 Å². The Morgan fingerprint density at radius 2 is 2.05 bits per heavy atom. The Morgan fingerprint density at radius 1 is 1.33 bits per heavy atom. The molecule has 2 rings (SSSR count). The molecule has 1 saturated heterocycles. The van der Waals surface area contributed by atoms with E-state index < -0.39 is 29.2 Å². The van der Waals surface area contributed by atoms with E-state index in [2.05, 4.69) is 5.43 Å². The molecule has 0 amide bonds. The van der Waals surface area contributed by atoms with E-state index in [0.29, 0.717) is 13.0 Å². The highest BCUT2D eigenvalue weighted by Crippen LogP contribution is 2.39. The van der Waals surface area contributed by atoms with Crippen LogP contribution in [0.25, 0.3) is 0 Å². The van der Waals surface area contributed by atoms with Crippen molar-refractivity contribution >= 4 is 0 Å². The molecule has 3 nitrogen and oxygen atoms in total. The summed E-state index contributed by atoms with van der Waals surface area (Å²) in [6.45, 7) is 2.33. The smallest absolute Gasteiger partial charge is 0.373 e. The molecule has 0 saturated carbocycles. The van der Waals surface area contributed by atoms with E-state index in [-0.39, 0.29) is 5.56 Å². The normalized spacial score (nSPS) is 24.9. The summed E-state index contributed by atoms with van der Waals surface area (Å²) >= 11 is 0. The quantitative estimate of drug-likeness (QED) is 0.512. The van der Waals surface area contributed by atoms with Gasteiger partial charge in [-0.25, -0.2) is 4.39 Å². The van der Waals surface area contributed by atoms with Crippen molar-refractivity contribution in [1.82, 2.24) is 5.43 Å². The SMILES string of the molecule is CC1(C(NN)c2ccc(F)c(C(F)(F)F)c2)CCCCO1. The molecule has 1 aromatic rings. The molecule has 0 bridgehead atoms. The van der Waals surface area contributed by atoms with Gasteiger partial charge in [-0.1, -0.05) is 6.07 Å². The number of hydrogen-bond donors (Lipinski definition) is 2. The van der Waals surface area contributed by atoms with Gasteiger partial charge in [-0.05, 0) is 43.9 Å². The summed E-state index contributed by atoms with van der Waals surface area (Å²) in [5.41, 5.74) is 0.765. The standard InChI is InChI=1S/C14H18F4N2O/c1-13(6-2-3-7-21-13)12(20-19)9-4-5-11(15)10(8-9)14(16,17)18/h4-5,8,12,20H,2-3,6-7,19H2,1H3. The first-order valence-electron chi connectivity index (χ1n) is 6.75. The number of rotatable bonds is 3. The zero-order valence-corrected chi connectivity index (χ0v) is 11.6. The molecule has 2 atom stereocenters. The highest BCUT2D eigenvalue weighted by atomic mass is 19.4. The van der Waals surface area contributed by atoms with Crippen LogP contribution >= 0.6 is 0 Å². The first-order chi connectivity index (χ1) is 9.78. The van der Waals surface area contributed by atoms with Gasteiger partial charge < -0.3 is 4.74 Å². The lowest BCUT2D eigenvalue weighted by Gasteiger charge is -2.40. The maximum Gasteiger partial charge on any atom is 0.419 e. The molecule has 1 aliphatic rings. The first-order valence-corrected chi connectivity index (χ1v) is 6.75. The van der Waals surface area contributed by atoms with E-state index in [9.17, 15) is 17.6 Å². The molecule has 2 unspecified atom stereocenters. The molecule has 21 heavy (non-hydrogen) atoms. The second kappa shape index (κ2) is 5.90. The average molecular weight is 306 g/mol. The maximum absolute atomic E-state index is 13.4. The summed E-state index contributed by atoms with van der Waals surface area (Å²) in [5.74, 6) is 4.22. The Kier molecular flexibility index (Phi) is 4.55. The Balaban J connectivity index is 2.39. The van der Waals surface area contributed by atoms with Crippen LogP contribution in [0.1, 0.15) is 43.4 Å². The third-order valence-electron chi connectivity index (χ3n) is 3.91. The van der Waals surface area contributed by atoms with Crippen molar-refractivity contribution in [3.8, 4) is 0 Å². The van der Waals surface area contributed by atoms with Gasteiger partial charge in [0.05, 0.1) is 17.2 Å². The zero-order chi connectivity index (χ0) is 15.7. The predicted molar refractivity (Wildman–Crippen MR) is 69.7 cm³/mol. The molecule has 0 aliphatic carbocycles. The third kappa shape index (κ3) is 3.36. The van der Waals surface area contributed by atoms with Gasteiger partial charge in [0, 0.05) is 6.61 Å². The maximum atomic E-state index is 13.4. The Hall–Kier alpha value is -1.18. The first kappa shape index (κ1) is 16.2. The summed E-state index contributed by atoms with van der Waals surface area (Å²) in [5, 5.41) is 0. The molecule has 0 radical (unpaired) electrons. The van der Waals surface area contributed by atoms with Crippen LogP contribution in [-0.4, -0.2) is 12.2 Å². The molecule has 3 N–H and O–H groups in total. The second-order valence-corrected chi connectivity index (χ2v) is 5.45. The number of benzene rings is 1. The molecular formula is C14H18F4N2O. The lowest BCUT2D eigenvalue weighted by molar-refractivity contribution is -0.140. The minimum atomic E-state index is -4.74. The molecule has 0 aromatic heterocycles. The van der Waals surface area contributed by atoms with Gasteiger partial charge in [0.25, 0.3) is 0 Å². The van der Waals surface area contributed by atoms with Crippen molar-refractivity contribution in [2.75, 3.05) is 6.61 Å². The van der Waals surface area contributed by atoms with Crippen LogP contribution in [0, 0.1) is 5.82 Å². The third-order valence-corrected chi connectivity index (χ3v) is 3.91. The fourth-order valence-electron chi connectivity index (χ4n) is 2.75. The molecule has 1 aromatic carbocycles. The van der Waals surface area contributed by atoms with Crippen LogP contribution in [0.3, 0.4) is 0 Å². The van der Waals surface area contributed by atoms with Crippen LogP contribution < -0.4 is 11.3 Å². The van der Waals surface area contributed by atoms with E-state index in [1.54, 1.807) is 6.92 Å². The van der Waals surface area contributed by atoms with E-state index in [1.807, 2.05) is 0 Å². The molecule has 7 heteroatoms. The van der Waals surface area contributed by atoms with E-state index >= 15 is 0 Å². The van der Waals surface area contributed by atoms with Gasteiger partial charge in [-0.3, -0.25) is 11.3 Å². The lowest BCUT2D eigenvalue weighted by atomic mass is 9.84. The molecule has 1 aliphatic heterocycles. The fraction of sp³-hybridized carbons (Fsp3) is 0.571. The van der Waals surface area contributed by atoms with Crippen molar-refractivity contribution in [3.63, 3.8) is 0 Å². The Morgan fingerprint density at radius 3 is 2.57 bits per heavy atom. The Bertz CT molecular complexity index is 498. The molecule has 118 valence electrons. The molecule has 0 spiro atoms. The second-order valence-electron chi connectivity index (χ2n) is 5.45. The van der Waals surface area contributed by atoms with Crippen molar-refractivity contribution in [3.05, 3.63) is 35.1 Å². The van der Waals surface area contributed by atoms with Gasteiger partial charge in [0.1, 0.15) is 5.82 Å². The van der Waals surface area contributed by atoms with Crippen LogP contribution in [0.2, 0.25) is 0 Å². The van der Waals surface area contributed by atoms with E-state index in [4.69, 9.17) is 10.6 Å². The summed E-state index contributed by atoms with van der Waals surface area (Å²) in [7, 11) is 0. The average Bonchev–Trinajstić information content (AvgIpc) is 2.40. The van der Waals surface area contributed by atoms with Crippen LogP contribution in [0.5, 0.6) is 0 Å². The number of hydrogen-bond acceptors (Lipinski definition) is 3. The molecule has 1 heterocycles. The minimum Gasteiger partial charge on any atom is -0.373 e. The number of hydrazine groups is 1. The highest BCUT2D eigenvalue weighted by molar-refractivity contribution is 5.31. The van der Waals surface area contributed by atoms with Crippen LogP contribution in [-0.2, 0) is 10.9 Å². The minimum absolute atomic E-state index is 0.260. The summed E-state index contributed by atoms with van der Waals surface area (Å²) in [6.07, 6.45) is -2.26. The van der Waals surface area contributed by atoms with E-state index in [1.165, 1.54) is 6.07 Å². The predicted octanol–water partition coefficient (Wildman–Crippen LogP) is 3.31. The van der Waals surface area contributed by atoms with Crippen LogP contribution in [0.4, 0.5) is 17.6 Å². The van der Waals surface area contributed by atoms with Crippen molar-refractivity contribution in [1.29, 1.82) is 0 Å². The Labute approximate surface area is 120 Å². The van der Waals surface area contributed by atoms with Crippen molar-refractivity contribution < 1.29 is 22.3 Å². The van der Waals surface area contributed by atoms with Gasteiger partial charge >= 0.3 is 6.18 Å². The van der Waals surface area contributed by atoms with Gasteiger partial charge in [-0.2, -0.15) is 13.2 Å². The number of nitrogens with one attached hydrogen (secondary N) is 1. The topological polar surface area (TPSA) is 47.3 Å². The number of ether oxygens (including phenoxy) is 1. The van der Waals surface area contributed by atoms with Crippen molar-refractivity contribution in [2.24, 2.45) is 5.84 Å². The van der Waals surface area contributed by atoms with Crippen molar-refractivity contribution in [2.45, 2.75) is 44.0 Å². The number of alkyl halides is 3. The lowest BCUT2D eigenvalue weighted by Crippen LogP contribution is -2.48. The largest absolute Gasteiger partial charge is 0.419 e. The highest BCUT2D eigenvalue weighted by Gasteiger charge is 2.40. The number of nitrogens with two attached hydrogens (primary N) is 1. The molecule has 1 fully saturated rings. The van der Waals surface area contributed by atoms with E-state index in [0.717, 1.165) is 25.0 Å². The van der Waals surface area contributed by atoms with Gasteiger partial charge in [0.15, 0.2) is 0 Å². The van der Waals surface area contributed by atoms with Gasteiger partial charge in [0.2, 0.25) is 0 Å². The molecular weight excluding hydrogens is 288 g/mol. The summed E-state index contributed by atoms with van der Waals surface area (Å²) in [6, 6.07) is 2.27. The zero-order valence-electron chi connectivity index (χ0n) is 11.6.